The van der Waals surface area contributed by atoms with E-state index in [1.807, 2.05) is 0 Å². The summed E-state index contributed by atoms with van der Waals surface area (Å²) < 4.78 is 31.6. The highest BCUT2D eigenvalue weighted by Gasteiger charge is 2.29. The van der Waals surface area contributed by atoms with Crippen molar-refractivity contribution >= 4 is 33.0 Å². The van der Waals surface area contributed by atoms with Gasteiger partial charge < -0.3 is 9.32 Å². The average Bonchev–Trinajstić information content (AvgIpc) is 3.09. The van der Waals surface area contributed by atoms with Crippen LogP contribution < -0.4 is 4.90 Å². The summed E-state index contributed by atoms with van der Waals surface area (Å²) in [6.45, 7) is 0. The average molecular weight is 408 g/mol. The zero-order valence-corrected chi connectivity index (χ0v) is 15.9. The van der Waals surface area contributed by atoms with Crippen LogP contribution in [0.25, 0.3) is 11.5 Å². The Morgan fingerprint density at radius 1 is 1.07 bits per heavy atom. The van der Waals surface area contributed by atoms with E-state index < -0.39 is 14.8 Å². The number of oxazole rings is 1. The topological polar surface area (TPSA) is 107 Å². The molecule has 0 fully saturated rings. The number of non-ortho nitro benzene ring substituents is 1. The third kappa shape index (κ3) is 3.64. The maximum absolute atomic E-state index is 13.0. The molecule has 0 amide bonds. The second-order valence-corrected chi connectivity index (χ2v) is 8.09. The summed E-state index contributed by atoms with van der Waals surface area (Å²) in [5, 5.41) is 10.9. The fourth-order valence-electron chi connectivity index (χ4n) is 2.33. The molecule has 8 nitrogen and oxygen atoms in total. The molecule has 0 radical (unpaired) electrons. The number of hydrogen-bond donors (Lipinski definition) is 0. The minimum Gasteiger partial charge on any atom is -0.419 e. The van der Waals surface area contributed by atoms with Gasteiger partial charge >= 0.3 is 0 Å². The minimum atomic E-state index is -3.95. The first-order valence-corrected chi connectivity index (χ1v) is 9.50. The van der Waals surface area contributed by atoms with Gasteiger partial charge in [-0.05, 0) is 36.4 Å². The van der Waals surface area contributed by atoms with E-state index in [1.165, 1.54) is 53.4 Å². The van der Waals surface area contributed by atoms with Crippen molar-refractivity contribution < 1.29 is 17.8 Å². The van der Waals surface area contributed by atoms with Gasteiger partial charge in [-0.15, -0.1) is 0 Å². The molecule has 0 aliphatic carbocycles. The fourth-order valence-corrected chi connectivity index (χ4v) is 3.83. The molecule has 0 saturated heterocycles. The summed E-state index contributed by atoms with van der Waals surface area (Å²) >= 11 is 5.82. The van der Waals surface area contributed by atoms with Gasteiger partial charge in [0.15, 0.2) is 0 Å². The highest BCUT2D eigenvalue weighted by Crippen LogP contribution is 2.34. The van der Waals surface area contributed by atoms with Gasteiger partial charge in [-0.1, -0.05) is 11.6 Å². The zero-order chi connectivity index (χ0) is 19.8. The molecule has 0 bridgehead atoms. The van der Waals surface area contributed by atoms with E-state index in [0.29, 0.717) is 10.6 Å². The second kappa shape index (κ2) is 7.01. The Kier molecular flexibility index (Phi) is 4.90. The summed E-state index contributed by atoms with van der Waals surface area (Å²) in [6, 6.07) is 11.2. The summed E-state index contributed by atoms with van der Waals surface area (Å²) in [5.41, 5.74) is 0.327. The monoisotopic (exact) mass is 407 g/mol. The van der Waals surface area contributed by atoms with Gasteiger partial charge in [0.25, 0.3) is 5.69 Å². The third-order valence-electron chi connectivity index (χ3n) is 3.69. The predicted molar refractivity (Wildman–Crippen MR) is 99.8 cm³/mol. The molecule has 0 N–H and O–H groups in total. The molecule has 0 atom stereocenters. The first kappa shape index (κ1) is 18.9. The molecule has 3 rings (SSSR count). The molecule has 10 heteroatoms. The Bertz CT molecular complexity index is 1090. The second-order valence-electron chi connectivity index (χ2n) is 5.79. The molecule has 2 aromatic carbocycles. The number of nitro groups is 1. The minimum absolute atomic E-state index is 0.0264. The Hall–Kier alpha value is -2.91. The molecule has 0 spiro atoms. The van der Waals surface area contributed by atoms with Crippen molar-refractivity contribution in [2.45, 2.75) is 9.92 Å². The number of aromatic nitrogens is 1. The van der Waals surface area contributed by atoms with Crippen molar-refractivity contribution in [1.29, 1.82) is 0 Å². The van der Waals surface area contributed by atoms with Crippen LogP contribution in [0.4, 0.5) is 11.6 Å². The van der Waals surface area contributed by atoms with E-state index >= 15 is 0 Å². The lowest BCUT2D eigenvalue weighted by atomic mass is 10.2. The van der Waals surface area contributed by atoms with Gasteiger partial charge in [0.1, 0.15) is 0 Å². The lowest BCUT2D eigenvalue weighted by Crippen LogP contribution is -2.13. The number of nitro benzene ring substituents is 1. The Morgan fingerprint density at radius 3 is 2.19 bits per heavy atom. The Morgan fingerprint density at radius 2 is 1.67 bits per heavy atom. The van der Waals surface area contributed by atoms with Gasteiger partial charge in [-0.25, -0.2) is 8.42 Å². The van der Waals surface area contributed by atoms with Gasteiger partial charge in [0.2, 0.25) is 26.6 Å². The third-order valence-corrected chi connectivity index (χ3v) is 5.61. The van der Waals surface area contributed by atoms with Crippen LogP contribution in [0, 0.1) is 10.1 Å². The van der Waals surface area contributed by atoms with Gasteiger partial charge in [0.05, 0.1) is 9.82 Å². The maximum Gasteiger partial charge on any atom is 0.269 e. The number of rotatable bonds is 5. The van der Waals surface area contributed by atoms with Crippen molar-refractivity contribution in [2.75, 3.05) is 19.0 Å². The molecule has 140 valence electrons. The normalized spacial score (nSPS) is 11.4. The van der Waals surface area contributed by atoms with Crippen molar-refractivity contribution in [1.82, 2.24) is 4.98 Å². The number of nitrogens with zero attached hydrogens (tertiary/aromatic N) is 3. The first-order chi connectivity index (χ1) is 12.7. The van der Waals surface area contributed by atoms with Crippen molar-refractivity contribution in [3.8, 4) is 11.5 Å². The highest BCUT2D eigenvalue weighted by atomic mass is 35.5. The van der Waals surface area contributed by atoms with E-state index in [9.17, 15) is 18.5 Å². The van der Waals surface area contributed by atoms with E-state index in [-0.39, 0.29) is 27.4 Å². The predicted octanol–water partition coefficient (Wildman–Crippen LogP) is 3.80. The summed E-state index contributed by atoms with van der Waals surface area (Å²) in [5.74, 6) is 0.0967. The van der Waals surface area contributed by atoms with E-state index in [1.54, 1.807) is 14.1 Å². The van der Waals surface area contributed by atoms with Crippen LogP contribution >= 0.6 is 11.6 Å². The highest BCUT2D eigenvalue weighted by molar-refractivity contribution is 7.91. The van der Waals surface area contributed by atoms with Gasteiger partial charge in [0, 0.05) is 36.8 Å². The number of anilines is 1. The fraction of sp³-hybridized carbons (Fsp3) is 0.118. The Balaban J connectivity index is 2.11. The SMILES string of the molecule is CN(C)c1oc(-c2ccc([N+](=O)[O-])cc2)nc1S(=O)(=O)c1ccc(Cl)cc1. The molecule has 0 aliphatic heterocycles. The molecule has 0 saturated carbocycles. The molecular formula is C17H14ClN3O5S. The van der Waals surface area contributed by atoms with Crippen LogP contribution in [0.5, 0.6) is 0 Å². The van der Waals surface area contributed by atoms with E-state index in [2.05, 4.69) is 4.98 Å². The van der Waals surface area contributed by atoms with Crippen LogP contribution in [0.2, 0.25) is 5.02 Å². The molecule has 27 heavy (non-hydrogen) atoms. The number of halogens is 1. The van der Waals surface area contributed by atoms with Gasteiger partial charge in [-0.2, -0.15) is 4.98 Å². The zero-order valence-electron chi connectivity index (χ0n) is 14.3. The summed E-state index contributed by atoms with van der Waals surface area (Å²) in [6.07, 6.45) is 0. The van der Waals surface area contributed by atoms with E-state index in [0.717, 1.165) is 0 Å². The van der Waals surface area contributed by atoms with E-state index in [4.69, 9.17) is 16.0 Å². The van der Waals surface area contributed by atoms with Crippen LogP contribution in [-0.2, 0) is 9.84 Å². The maximum atomic E-state index is 13.0. The smallest absolute Gasteiger partial charge is 0.269 e. The van der Waals surface area contributed by atoms with Crippen molar-refractivity contribution in [3.05, 3.63) is 63.7 Å². The quantitative estimate of drug-likeness (QED) is 0.467. The van der Waals surface area contributed by atoms with Crippen LogP contribution in [-0.4, -0.2) is 32.4 Å². The lowest BCUT2D eigenvalue weighted by molar-refractivity contribution is -0.384. The number of hydrogen-bond acceptors (Lipinski definition) is 7. The van der Waals surface area contributed by atoms with Crippen molar-refractivity contribution in [3.63, 3.8) is 0 Å². The molecule has 3 aromatic rings. The Labute approximate surface area is 160 Å². The molecular weight excluding hydrogens is 394 g/mol. The van der Waals surface area contributed by atoms with Crippen molar-refractivity contribution in [2.24, 2.45) is 0 Å². The summed E-state index contributed by atoms with van der Waals surface area (Å²) in [4.78, 5) is 15.9. The summed E-state index contributed by atoms with van der Waals surface area (Å²) in [7, 11) is -0.702. The standard InChI is InChI=1S/C17H14ClN3O5S/c1-20(2)17-16(27(24,25)14-9-5-12(18)6-10-14)19-15(26-17)11-3-7-13(8-4-11)21(22)23/h3-10H,1-2H3. The number of benzene rings is 2. The lowest BCUT2D eigenvalue weighted by Gasteiger charge is -2.10. The van der Waals surface area contributed by atoms with Crippen LogP contribution in [0.1, 0.15) is 0 Å². The van der Waals surface area contributed by atoms with Gasteiger partial charge in [-0.3, -0.25) is 10.1 Å². The molecule has 0 aliphatic rings. The first-order valence-electron chi connectivity index (χ1n) is 7.64. The van der Waals surface area contributed by atoms with Crippen LogP contribution in [0.3, 0.4) is 0 Å². The largest absolute Gasteiger partial charge is 0.419 e. The molecule has 1 aromatic heterocycles. The molecule has 0 unspecified atom stereocenters. The molecule has 1 heterocycles. The van der Waals surface area contributed by atoms with Crippen LogP contribution in [0.15, 0.2) is 62.9 Å². The number of sulfone groups is 1.